The molecule has 2 heterocycles. The maximum Gasteiger partial charge on any atom is 0.214 e. The quantitative estimate of drug-likeness (QED) is 0.401. The fourth-order valence-electron chi connectivity index (χ4n) is 4.58. The van der Waals surface area contributed by atoms with Crippen LogP contribution in [-0.4, -0.2) is 38.7 Å². The zero-order valence-corrected chi connectivity index (χ0v) is 20.8. The molecule has 2 unspecified atom stereocenters. The molecule has 7 nitrogen and oxygen atoms in total. The summed E-state index contributed by atoms with van der Waals surface area (Å²) in [4.78, 5) is 0. The Morgan fingerprint density at radius 1 is 0.914 bits per heavy atom. The monoisotopic (exact) mass is 494 g/mol. The van der Waals surface area contributed by atoms with Crippen molar-refractivity contribution in [1.29, 1.82) is 0 Å². The first-order valence-electron chi connectivity index (χ1n) is 11.4. The van der Waals surface area contributed by atoms with Crippen molar-refractivity contribution in [3.05, 3.63) is 76.3 Å². The van der Waals surface area contributed by atoms with Gasteiger partial charge in [0, 0.05) is 28.1 Å². The second kappa shape index (κ2) is 9.58. The van der Waals surface area contributed by atoms with Crippen LogP contribution in [0.25, 0.3) is 0 Å². The third-order valence-electron chi connectivity index (χ3n) is 6.24. The molecule has 2 aliphatic heterocycles. The fraction of sp³-hybridized carbons (Fsp3) is 0.296. The summed E-state index contributed by atoms with van der Waals surface area (Å²) in [5.74, 6) is 3.46. The molecule has 0 N–H and O–H groups in total. The molecule has 3 aromatic rings. The van der Waals surface area contributed by atoms with E-state index in [1.807, 2.05) is 66.5 Å². The number of fused-ring (bicyclic) bond motifs is 3. The number of hydrogen-bond acceptors (Lipinski definition) is 7. The highest BCUT2D eigenvalue weighted by Crippen LogP contribution is 2.49. The van der Waals surface area contributed by atoms with E-state index in [0.29, 0.717) is 41.0 Å². The minimum absolute atomic E-state index is 0.0388. The maximum absolute atomic E-state index is 6.47. The summed E-state index contributed by atoms with van der Waals surface area (Å²) >= 11 is 6.36. The Morgan fingerprint density at radius 3 is 2.40 bits per heavy atom. The van der Waals surface area contributed by atoms with Crippen LogP contribution in [0.4, 0.5) is 0 Å². The van der Waals surface area contributed by atoms with Crippen LogP contribution < -0.4 is 23.7 Å². The van der Waals surface area contributed by atoms with Gasteiger partial charge in [0.1, 0.15) is 5.75 Å². The average Bonchev–Trinajstić information content (AvgIpc) is 3.34. The molecule has 3 aromatic carbocycles. The number of ether oxygens (including phenoxy) is 5. The van der Waals surface area contributed by atoms with Crippen molar-refractivity contribution in [1.82, 2.24) is 5.01 Å². The van der Waals surface area contributed by atoms with Gasteiger partial charge in [-0.15, -0.1) is 0 Å². The molecule has 182 valence electrons. The third-order valence-corrected chi connectivity index (χ3v) is 6.48. The molecular formula is C27H27ClN2O5. The van der Waals surface area contributed by atoms with Crippen molar-refractivity contribution in [2.45, 2.75) is 25.6 Å². The van der Waals surface area contributed by atoms with Gasteiger partial charge in [-0.25, -0.2) is 5.01 Å². The zero-order valence-electron chi connectivity index (χ0n) is 20.1. The van der Waals surface area contributed by atoms with E-state index in [1.165, 1.54) is 0 Å². The number of hydrogen-bond donors (Lipinski definition) is 0. The molecule has 8 heteroatoms. The lowest BCUT2D eigenvalue weighted by atomic mass is 9.95. The lowest BCUT2D eigenvalue weighted by Crippen LogP contribution is -2.33. The Balaban J connectivity index is 1.58. The Bertz CT molecular complexity index is 1280. The Kier molecular flexibility index (Phi) is 6.34. The first-order valence-corrected chi connectivity index (χ1v) is 11.8. The van der Waals surface area contributed by atoms with Crippen LogP contribution in [-0.2, 0) is 0 Å². The first kappa shape index (κ1) is 23.2. The van der Waals surface area contributed by atoms with E-state index >= 15 is 0 Å². The van der Waals surface area contributed by atoms with Crippen LogP contribution in [0.15, 0.2) is 59.7 Å². The predicted molar refractivity (Wildman–Crippen MR) is 134 cm³/mol. The van der Waals surface area contributed by atoms with Gasteiger partial charge in [-0.05, 0) is 61.5 Å². The molecule has 0 fully saturated rings. The maximum atomic E-state index is 6.47. The lowest BCUT2D eigenvalue weighted by Gasteiger charge is -2.38. The van der Waals surface area contributed by atoms with Gasteiger partial charge in [-0.1, -0.05) is 11.6 Å². The minimum Gasteiger partial charge on any atom is -0.493 e. The highest BCUT2D eigenvalue weighted by Gasteiger charge is 2.41. The van der Waals surface area contributed by atoms with Crippen LogP contribution in [0.5, 0.6) is 28.7 Å². The van der Waals surface area contributed by atoms with Crippen molar-refractivity contribution in [2.75, 3.05) is 27.9 Å². The molecule has 0 amide bonds. The number of benzene rings is 3. The first-order chi connectivity index (χ1) is 17.1. The van der Waals surface area contributed by atoms with Gasteiger partial charge in [0.05, 0.1) is 39.7 Å². The van der Waals surface area contributed by atoms with Gasteiger partial charge in [0.2, 0.25) is 6.23 Å². The van der Waals surface area contributed by atoms with Gasteiger partial charge < -0.3 is 23.7 Å². The summed E-state index contributed by atoms with van der Waals surface area (Å²) in [6.07, 6.45) is 0.243. The fourth-order valence-corrected chi connectivity index (χ4v) is 4.76. The number of rotatable bonds is 7. The van der Waals surface area contributed by atoms with Crippen LogP contribution >= 0.6 is 11.6 Å². The Hall–Kier alpha value is -3.58. The van der Waals surface area contributed by atoms with E-state index in [2.05, 4.69) is 0 Å². The number of methoxy groups -OCH3 is 3. The second-order valence-electron chi connectivity index (χ2n) is 8.21. The van der Waals surface area contributed by atoms with E-state index in [1.54, 1.807) is 21.3 Å². The Morgan fingerprint density at radius 2 is 1.66 bits per heavy atom. The summed E-state index contributed by atoms with van der Waals surface area (Å²) in [5.41, 5.74) is 3.80. The molecule has 0 bridgehead atoms. The van der Waals surface area contributed by atoms with Crippen LogP contribution in [0.3, 0.4) is 0 Å². The highest BCUT2D eigenvalue weighted by molar-refractivity contribution is 6.30. The van der Waals surface area contributed by atoms with Gasteiger partial charge in [-0.3, -0.25) is 0 Å². The van der Waals surface area contributed by atoms with Crippen LogP contribution in [0, 0.1) is 0 Å². The van der Waals surface area contributed by atoms with Crippen molar-refractivity contribution in [3.8, 4) is 28.7 Å². The summed E-state index contributed by atoms with van der Waals surface area (Å²) < 4.78 is 28.7. The van der Waals surface area contributed by atoms with Gasteiger partial charge in [0.15, 0.2) is 23.0 Å². The summed E-state index contributed by atoms with van der Waals surface area (Å²) in [5, 5.41) is 7.69. The van der Waals surface area contributed by atoms with Crippen molar-refractivity contribution >= 4 is 17.3 Å². The summed E-state index contributed by atoms with van der Waals surface area (Å²) in [7, 11) is 4.88. The number of hydrazone groups is 1. The standard InChI is InChI=1S/C27H27ClN2O5/c1-5-34-24-10-7-17(13-26(24)33-4)27-30-21(19-14-18(28)8-11-22(19)35-27)15-20(29-30)16-6-9-23(31-2)25(12-16)32-3/h6-14,21,27H,5,15H2,1-4H3. The van der Waals surface area contributed by atoms with Crippen LogP contribution in [0.1, 0.15) is 42.3 Å². The smallest absolute Gasteiger partial charge is 0.214 e. The second-order valence-corrected chi connectivity index (χ2v) is 8.65. The zero-order chi connectivity index (χ0) is 24.5. The Labute approximate surface area is 209 Å². The molecule has 0 aromatic heterocycles. The van der Waals surface area contributed by atoms with Gasteiger partial charge in [0.25, 0.3) is 0 Å². The topological polar surface area (TPSA) is 61.8 Å². The molecule has 2 aliphatic rings. The van der Waals surface area contributed by atoms with Gasteiger partial charge >= 0.3 is 0 Å². The molecule has 5 rings (SSSR count). The largest absolute Gasteiger partial charge is 0.493 e. The van der Waals surface area contributed by atoms with E-state index in [-0.39, 0.29) is 6.04 Å². The van der Waals surface area contributed by atoms with E-state index in [9.17, 15) is 0 Å². The highest BCUT2D eigenvalue weighted by atomic mass is 35.5. The summed E-state index contributed by atoms with van der Waals surface area (Å²) in [6, 6.07) is 17.3. The normalized spacial score (nSPS) is 18.2. The molecule has 0 saturated carbocycles. The van der Waals surface area contributed by atoms with Gasteiger partial charge in [-0.2, -0.15) is 5.10 Å². The van der Waals surface area contributed by atoms with E-state index < -0.39 is 6.23 Å². The lowest BCUT2D eigenvalue weighted by molar-refractivity contribution is -0.0191. The van der Waals surface area contributed by atoms with Crippen molar-refractivity contribution in [2.24, 2.45) is 5.10 Å². The molecule has 35 heavy (non-hydrogen) atoms. The van der Waals surface area contributed by atoms with Crippen LogP contribution in [0.2, 0.25) is 5.02 Å². The molecule has 0 aliphatic carbocycles. The summed E-state index contributed by atoms with van der Waals surface area (Å²) in [6.45, 7) is 2.50. The predicted octanol–water partition coefficient (Wildman–Crippen LogP) is 6.01. The SMILES string of the molecule is CCOc1ccc(C2Oc3ccc(Cl)cc3C3CC(c4ccc(OC)c(OC)c4)=NN32)cc1OC. The van der Waals surface area contributed by atoms with Crippen molar-refractivity contribution in [3.63, 3.8) is 0 Å². The molecule has 2 atom stereocenters. The molecule has 0 spiro atoms. The molecule has 0 saturated heterocycles. The van der Waals surface area contributed by atoms with Crippen molar-refractivity contribution < 1.29 is 23.7 Å². The number of halogens is 1. The average molecular weight is 495 g/mol. The van der Waals surface area contributed by atoms with E-state index in [4.69, 9.17) is 40.4 Å². The molecular weight excluding hydrogens is 468 g/mol. The molecule has 0 radical (unpaired) electrons. The number of nitrogens with zero attached hydrogens (tertiary/aromatic N) is 2. The minimum atomic E-state index is -0.448. The van der Waals surface area contributed by atoms with E-state index in [0.717, 1.165) is 28.2 Å². The third kappa shape index (κ3) is 4.21.